The zero-order valence-electron chi connectivity index (χ0n) is 26.5. The van der Waals surface area contributed by atoms with Gasteiger partial charge in [-0.15, -0.1) is 0 Å². The Morgan fingerprint density at radius 3 is 1.36 bits per heavy atom. The van der Waals surface area contributed by atoms with Crippen molar-refractivity contribution >= 4 is 11.9 Å². The first-order valence-corrected chi connectivity index (χ1v) is 17.2. The molecule has 0 heterocycles. The van der Waals surface area contributed by atoms with Crippen LogP contribution >= 0.6 is 0 Å². The lowest BCUT2D eigenvalue weighted by molar-refractivity contribution is -0.149. The maximum Gasteiger partial charge on any atom is 0.307 e. The van der Waals surface area contributed by atoms with Gasteiger partial charge in [0.25, 0.3) is 0 Å². The molecule has 0 rings (SSSR count). The molecule has 0 aromatic carbocycles. The average molecular weight is 554 g/mol. The molecule has 232 valence electrons. The van der Waals surface area contributed by atoms with E-state index in [2.05, 4.69) is 26.1 Å². The Morgan fingerprint density at radius 2 is 0.897 bits per heavy atom. The highest BCUT2D eigenvalue weighted by Crippen LogP contribution is 2.17. The molecule has 0 aromatic rings. The van der Waals surface area contributed by atoms with Crippen molar-refractivity contribution < 1.29 is 19.1 Å². The van der Waals surface area contributed by atoms with Crippen LogP contribution < -0.4 is 5.32 Å². The van der Waals surface area contributed by atoms with Gasteiger partial charge in [-0.2, -0.15) is 0 Å². The number of nitrogens with one attached hydrogen (secondary N) is 1. The number of hydrogen-bond acceptors (Lipinski definition) is 5. The van der Waals surface area contributed by atoms with E-state index >= 15 is 0 Å². The summed E-state index contributed by atoms with van der Waals surface area (Å²) in [6, 6.07) is 0. The maximum absolute atomic E-state index is 12.5. The highest BCUT2D eigenvalue weighted by Gasteiger charge is 2.14. The summed E-state index contributed by atoms with van der Waals surface area (Å²) in [5.74, 6) is -0.264. The van der Waals surface area contributed by atoms with E-state index in [0.29, 0.717) is 32.5 Å². The fraction of sp³-hybridized carbons (Fsp3) is 0.941. The molecule has 0 atom stereocenters. The predicted octanol–water partition coefficient (Wildman–Crippen LogP) is 9.84. The fourth-order valence-corrected chi connectivity index (χ4v) is 4.99. The van der Waals surface area contributed by atoms with Gasteiger partial charge < -0.3 is 14.8 Å². The lowest BCUT2D eigenvalue weighted by atomic mass is 10.0. The van der Waals surface area contributed by atoms with E-state index < -0.39 is 0 Å². The van der Waals surface area contributed by atoms with Gasteiger partial charge in [0, 0.05) is 13.1 Å². The van der Waals surface area contributed by atoms with E-state index in [9.17, 15) is 9.59 Å². The van der Waals surface area contributed by atoms with Crippen LogP contribution in [-0.2, 0) is 19.1 Å². The minimum atomic E-state index is -0.150. The Kier molecular flexibility index (Phi) is 30.5. The molecule has 0 fully saturated rings. The van der Waals surface area contributed by atoms with Gasteiger partial charge in [0.2, 0.25) is 0 Å². The summed E-state index contributed by atoms with van der Waals surface area (Å²) in [4.78, 5) is 24.4. The maximum atomic E-state index is 12.5. The second kappa shape index (κ2) is 31.4. The molecule has 0 bridgehead atoms. The van der Waals surface area contributed by atoms with Crippen molar-refractivity contribution in [3.8, 4) is 0 Å². The first-order chi connectivity index (χ1) is 19.1. The summed E-state index contributed by atoms with van der Waals surface area (Å²) >= 11 is 0. The summed E-state index contributed by atoms with van der Waals surface area (Å²) in [7, 11) is 0. The van der Waals surface area contributed by atoms with E-state index in [1.165, 1.54) is 109 Å². The van der Waals surface area contributed by atoms with Crippen molar-refractivity contribution in [1.29, 1.82) is 0 Å². The lowest BCUT2D eigenvalue weighted by Crippen LogP contribution is -2.25. The van der Waals surface area contributed by atoms with Gasteiger partial charge in [-0.25, -0.2) is 0 Å². The molecule has 5 heteroatoms. The van der Waals surface area contributed by atoms with Crippen LogP contribution in [0.25, 0.3) is 0 Å². The summed E-state index contributed by atoms with van der Waals surface area (Å²) in [6.07, 6.45) is 29.2. The number of carbonyl (C=O) groups is 2. The van der Waals surface area contributed by atoms with Gasteiger partial charge in [0.1, 0.15) is 6.10 Å². The largest absolute Gasteiger partial charge is 0.466 e. The molecular weight excluding hydrogens is 486 g/mol. The van der Waals surface area contributed by atoms with Gasteiger partial charge in [0.05, 0.1) is 19.4 Å². The fourth-order valence-electron chi connectivity index (χ4n) is 4.99. The number of carbonyl (C=O) groups excluding carboxylic acids is 2. The predicted molar refractivity (Wildman–Crippen MR) is 166 cm³/mol. The number of ether oxygens (including phenoxy) is 2. The molecule has 0 saturated carbocycles. The van der Waals surface area contributed by atoms with Crippen molar-refractivity contribution in [3.63, 3.8) is 0 Å². The highest BCUT2D eigenvalue weighted by molar-refractivity contribution is 5.70. The van der Waals surface area contributed by atoms with Crippen LogP contribution in [0.2, 0.25) is 0 Å². The number of rotatable bonds is 31. The minimum Gasteiger partial charge on any atom is -0.466 e. The van der Waals surface area contributed by atoms with Crippen molar-refractivity contribution in [2.45, 2.75) is 187 Å². The molecule has 0 aliphatic carbocycles. The molecule has 0 radical (unpaired) electrons. The van der Waals surface area contributed by atoms with Gasteiger partial charge >= 0.3 is 11.9 Å². The van der Waals surface area contributed by atoms with Crippen LogP contribution in [-0.4, -0.2) is 37.7 Å². The standard InChI is InChI=1S/C34H67NO4/c1-4-7-10-13-16-17-18-21-24-31-38-33(36)27-29-35-30-28-34(37)39-32(25-22-19-14-11-8-5-2)26-23-20-15-12-9-6-3/h32,35H,4-31H2,1-3H3. The van der Waals surface area contributed by atoms with Crippen LogP contribution in [0.15, 0.2) is 0 Å². The van der Waals surface area contributed by atoms with E-state index in [1.54, 1.807) is 0 Å². The molecule has 0 aliphatic heterocycles. The molecular formula is C34H67NO4. The SMILES string of the molecule is CCCCCCCCCCCOC(=O)CCNCCC(=O)OC(CCCCCCCC)CCCCCCCC. The van der Waals surface area contributed by atoms with Crippen LogP contribution in [0.3, 0.4) is 0 Å². The zero-order valence-corrected chi connectivity index (χ0v) is 26.5. The number of unbranched alkanes of at least 4 members (excludes halogenated alkanes) is 18. The monoisotopic (exact) mass is 554 g/mol. The van der Waals surface area contributed by atoms with Crippen molar-refractivity contribution in [2.75, 3.05) is 19.7 Å². The van der Waals surface area contributed by atoms with E-state index in [4.69, 9.17) is 9.47 Å². The van der Waals surface area contributed by atoms with Crippen LogP contribution in [0.1, 0.15) is 181 Å². The van der Waals surface area contributed by atoms with Crippen LogP contribution in [0.5, 0.6) is 0 Å². The van der Waals surface area contributed by atoms with E-state index in [1.807, 2.05) is 0 Å². The lowest BCUT2D eigenvalue weighted by Gasteiger charge is -2.18. The molecule has 0 unspecified atom stereocenters. The summed E-state index contributed by atoms with van der Waals surface area (Å²) in [5.41, 5.74) is 0. The third-order valence-electron chi connectivity index (χ3n) is 7.58. The second-order valence-corrected chi connectivity index (χ2v) is 11.5. The smallest absolute Gasteiger partial charge is 0.307 e. The normalized spacial score (nSPS) is 11.3. The topological polar surface area (TPSA) is 64.6 Å². The summed E-state index contributed by atoms with van der Waals surface area (Å²) < 4.78 is 11.2. The Labute approximate surface area is 243 Å². The Morgan fingerprint density at radius 1 is 0.513 bits per heavy atom. The average Bonchev–Trinajstić information content (AvgIpc) is 2.93. The first-order valence-electron chi connectivity index (χ1n) is 17.2. The van der Waals surface area contributed by atoms with Crippen LogP contribution in [0, 0.1) is 0 Å². The molecule has 39 heavy (non-hydrogen) atoms. The van der Waals surface area contributed by atoms with Crippen molar-refractivity contribution in [2.24, 2.45) is 0 Å². The molecule has 0 aliphatic rings. The molecule has 0 amide bonds. The van der Waals surface area contributed by atoms with Crippen molar-refractivity contribution in [1.82, 2.24) is 5.32 Å². The molecule has 0 saturated heterocycles. The van der Waals surface area contributed by atoms with Crippen LogP contribution in [0.4, 0.5) is 0 Å². The molecule has 0 aromatic heterocycles. The van der Waals surface area contributed by atoms with E-state index in [-0.39, 0.29) is 18.0 Å². The quantitative estimate of drug-likeness (QED) is 0.0683. The van der Waals surface area contributed by atoms with Gasteiger partial charge in [-0.1, -0.05) is 136 Å². The van der Waals surface area contributed by atoms with Gasteiger partial charge in [0.15, 0.2) is 0 Å². The van der Waals surface area contributed by atoms with Crippen molar-refractivity contribution in [3.05, 3.63) is 0 Å². The number of esters is 2. The second-order valence-electron chi connectivity index (χ2n) is 11.5. The highest BCUT2D eigenvalue weighted by atomic mass is 16.5. The number of hydrogen-bond donors (Lipinski definition) is 1. The Hall–Kier alpha value is -1.10. The Balaban J connectivity index is 3.88. The third kappa shape index (κ3) is 29.7. The molecule has 5 nitrogen and oxygen atoms in total. The minimum absolute atomic E-state index is 0.0610. The molecule has 0 spiro atoms. The zero-order chi connectivity index (χ0) is 28.7. The summed E-state index contributed by atoms with van der Waals surface area (Å²) in [5, 5.41) is 3.20. The first kappa shape index (κ1) is 37.9. The third-order valence-corrected chi connectivity index (χ3v) is 7.58. The summed E-state index contributed by atoms with van der Waals surface area (Å²) in [6.45, 7) is 8.36. The Bertz CT molecular complexity index is 509. The van der Waals surface area contributed by atoms with Gasteiger partial charge in [-0.05, 0) is 32.1 Å². The van der Waals surface area contributed by atoms with Gasteiger partial charge in [-0.3, -0.25) is 9.59 Å². The molecule has 1 N–H and O–H groups in total. The van der Waals surface area contributed by atoms with E-state index in [0.717, 1.165) is 38.5 Å².